The molecule has 0 bridgehead atoms. The number of hydrogen-bond acceptors (Lipinski definition) is 5. The summed E-state index contributed by atoms with van der Waals surface area (Å²) in [5.74, 6) is 0.228. The second-order valence-electron chi connectivity index (χ2n) is 5.59. The van der Waals surface area contributed by atoms with Gasteiger partial charge in [-0.2, -0.15) is 0 Å². The molecule has 0 spiro atoms. The van der Waals surface area contributed by atoms with E-state index in [0.29, 0.717) is 32.0 Å². The minimum atomic E-state index is -4.73. The van der Waals surface area contributed by atoms with E-state index in [1.165, 1.54) is 23.5 Å². The second-order valence-corrected chi connectivity index (χ2v) is 6.88. The topological polar surface area (TPSA) is 45.7 Å². The van der Waals surface area contributed by atoms with Crippen LogP contribution < -0.4 is 9.64 Å². The molecule has 0 N–H and O–H groups in total. The largest absolute Gasteiger partial charge is 0.573 e. The van der Waals surface area contributed by atoms with Crippen molar-refractivity contribution in [2.45, 2.75) is 13.3 Å². The predicted molar refractivity (Wildman–Crippen MR) is 88.1 cm³/mol. The van der Waals surface area contributed by atoms with Gasteiger partial charge in [-0.15, -0.1) is 24.5 Å². The molecule has 25 heavy (non-hydrogen) atoms. The summed E-state index contributed by atoms with van der Waals surface area (Å²) in [6.07, 6.45) is -3.68. The number of ether oxygens (including phenoxy) is 1. The van der Waals surface area contributed by atoms with Crippen molar-refractivity contribution in [1.82, 2.24) is 9.88 Å². The number of piperazine rings is 1. The Kier molecular flexibility index (Phi) is 4.85. The molecule has 1 amide bonds. The highest BCUT2D eigenvalue weighted by Gasteiger charge is 2.31. The highest BCUT2D eigenvalue weighted by molar-refractivity contribution is 7.13. The lowest BCUT2D eigenvalue weighted by Crippen LogP contribution is -2.48. The first-order valence-electron chi connectivity index (χ1n) is 7.64. The van der Waals surface area contributed by atoms with Crippen LogP contribution in [0.5, 0.6) is 5.75 Å². The van der Waals surface area contributed by atoms with Crippen LogP contribution in [0.15, 0.2) is 30.5 Å². The van der Waals surface area contributed by atoms with Crippen LogP contribution in [0.3, 0.4) is 0 Å². The number of aryl methyl sites for hydroxylation is 1. The van der Waals surface area contributed by atoms with Gasteiger partial charge in [-0.05, 0) is 31.2 Å². The number of aromatic nitrogens is 1. The summed E-state index contributed by atoms with van der Waals surface area (Å²) >= 11 is 1.47. The highest BCUT2D eigenvalue weighted by Crippen LogP contribution is 2.24. The number of carbonyl (C=O) groups is 1. The van der Waals surface area contributed by atoms with Crippen molar-refractivity contribution in [3.05, 3.63) is 40.2 Å². The van der Waals surface area contributed by atoms with Crippen molar-refractivity contribution in [2.24, 2.45) is 0 Å². The Bertz CT molecular complexity index is 738. The Hall–Kier alpha value is -2.29. The number of alkyl halides is 3. The number of amides is 1. The van der Waals surface area contributed by atoms with E-state index >= 15 is 0 Å². The summed E-state index contributed by atoms with van der Waals surface area (Å²) < 4.78 is 40.3. The number of rotatable bonds is 3. The van der Waals surface area contributed by atoms with Gasteiger partial charge < -0.3 is 14.5 Å². The van der Waals surface area contributed by atoms with Gasteiger partial charge in [0.15, 0.2) is 0 Å². The normalized spacial score (nSPS) is 15.4. The van der Waals surface area contributed by atoms with Crippen LogP contribution in [0.1, 0.15) is 14.5 Å². The van der Waals surface area contributed by atoms with Gasteiger partial charge in [0.2, 0.25) is 0 Å². The van der Waals surface area contributed by atoms with Gasteiger partial charge >= 0.3 is 6.36 Å². The molecule has 1 saturated heterocycles. The Morgan fingerprint density at radius 2 is 1.88 bits per heavy atom. The van der Waals surface area contributed by atoms with E-state index < -0.39 is 6.36 Å². The van der Waals surface area contributed by atoms with E-state index in [1.807, 2.05) is 24.0 Å². The molecule has 3 heterocycles. The van der Waals surface area contributed by atoms with Crippen molar-refractivity contribution < 1.29 is 22.7 Å². The van der Waals surface area contributed by atoms with Crippen molar-refractivity contribution >= 4 is 23.1 Å². The fourth-order valence-corrected chi connectivity index (χ4v) is 3.43. The number of carbonyl (C=O) groups excluding carboxylic acids is 1. The smallest absolute Gasteiger partial charge is 0.404 e. The first-order valence-corrected chi connectivity index (χ1v) is 8.46. The number of anilines is 1. The molecule has 134 valence electrons. The van der Waals surface area contributed by atoms with Crippen LogP contribution in [-0.2, 0) is 0 Å². The van der Waals surface area contributed by atoms with Gasteiger partial charge in [-0.25, -0.2) is 4.98 Å². The number of pyridine rings is 1. The quantitative estimate of drug-likeness (QED) is 0.831. The summed E-state index contributed by atoms with van der Waals surface area (Å²) in [5.41, 5.74) is 0. The number of hydrogen-bond donors (Lipinski definition) is 0. The zero-order valence-electron chi connectivity index (χ0n) is 13.4. The first-order chi connectivity index (χ1) is 11.8. The molecule has 0 saturated carbocycles. The Balaban J connectivity index is 1.58. The molecular formula is C16H16F3N3O2S. The third-order valence-electron chi connectivity index (χ3n) is 3.80. The number of thiophene rings is 1. The molecule has 0 radical (unpaired) electrons. The van der Waals surface area contributed by atoms with E-state index in [4.69, 9.17) is 0 Å². The van der Waals surface area contributed by atoms with Gasteiger partial charge in [0.1, 0.15) is 11.6 Å². The van der Waals surface area contributed by atoms with E-state index in [-0.39, 0.29) is 11.7 Å². The number of nitrogens with zero attached hydrogens (tertiary/aromatic N) is 3. The summed E-state index contributed by atoms with van der Waals surface area (Å²) in [5, 5.41) is 0. The van der Waals surface area contributed by atoms with E-state index in [2.05, 4.69) is 9.72 Å². The molecule has 2 aromatic rings. The monoisotopic (exact) mass is 371 g/mol. The Morgan fingerprint density at radius 1 is 1.16 bits per heavy atom. The van der Waals surface area contributed by atoms with Crippen LogP contribution in [0.2, 0.25) is 0 Å². The molecule has 1 aliphatic heterocycles. The molecule has 0 aromatic carbocycles. The molecule has 0 unspecified atom stereocenters. The lowest BCUT2D eigenvalue weighted by molar-refractivity contribution is -0.274. The minimum absolute atomic E-state index is 0.0136. The van der Waals surface area contributed by atoms with Crippen LogP contribution >= 0.6 is 11.3 Å². The standard InChI is InChI=1S/C16H16F3N3O2S/c1-11-2-4-13(25-11)15(23)22-8-6-21(7-9-22)14-5-3-12(10-20-14)24-16(17,18)19/h2-5,10H,6-9H2,1H3. The number of halogens is 3. The maximum absolute atomic E-state index is 12.4. The van der Waals surface area contributed by atoms with Crippen molar-refractivity contribution in [1.29, 1.82) is 0 Å². The average molecular weight is 371 g/mol. The Labute approximate surface area is 146 Å². The average Bonchev–Trinajstić information content (AvgIpc) is 3.00. The zero-order chi connectivity index (χ0) is 18.0. The molecule has 9 heteroatoms. The molecule has 1 aliphatic rings. The first kappa shape index (κ1) is 17.5. The molecule has 2 aromatic heterocycles. The maximum Gasteiger partial charge on any atom is 0.573 e. The third-order valence-corrected chi connectivity index (χ3v) is 4.79. The van der Waals surface area contributed by atoms with Gasteiger partial charge in [-0.3, -0.25) is 4.79 Å². The molecule has 0 aliphatic carbocycles. The van der Waals surface area contributed by atoms with Gasteiger partial charge in [0.05, 0.1) is 11.1 Å². The second kappa shape index (κ2) is 6.91. The van der Waals surface area contributed by atoms with Crippen molar-refractivity contribution in [2.75, 3.05) is 31.1 Å². The summed E-state index contributed by atoms with van der Waals surface area (Å²) in [7, 11) is 0. The molecule has 1 fully saturated rings. The summed E-state index contributed by atoms with van der Waals surface area (Å²) in [6.45, 7) is 4.18. The molecule has 5 nitrogen and oxygen atoms in total. The molecule has 3 rings (SSSR count). The van der Waals surface area contributed by atoms with Crippen LogP contribution in [-0.4, -0.2) is 48.3 Å². The highest BCUT2D eigenvalue weighted by atomic mass is 32.1. The maximum atomic E-state index is 12.4. The van der Waals surface area contributed by atoms with Gasteiger partial charge in [0, 0.05) is 31.1 Å². The summed E-state index contributed by atoms with van der Waals surface area (Å²) in [4.78, 5) is 22.0. The minimum Gasteiger partial charge on any atom is -0.404 e. The zero-order valence-corrected chi connectivity index (χ0v) is 14.2. The fourth-order valence-electron chi connectivity index (χ4n) is 2.60. The van der Waals surface area contributed by atoms with Crippen LogP contribution in [0, 0.1) is 6.92 Å². The van der Waals surface area contributed by atoms with Crippen LogP contribution in [0.4, 0.5) is 19.0 Å². The third kappa shape index (κ3) is 4.41. The Morgan fingerprint density at radius 3 is 2.40 bits per heavy atom. The van der Waals surface area contributed by atoms with Crippen molar-refractivity contribution in [3.63, 3.8) is 0 Å². The van der Waals surface area contributed by atoms with E-state index in [1.54, 1.807) is 4.90 Å². The lowest BCUT2D eigenvalue weighted by atomic mass is 10.3. The lowest BCUT2D eigenvalue weighted by Gasteiger charge is -2.35. The summed E-state index contributed by atoms with van der Waals surface area (Å²) in [6, 6.07) is 6.47. The van der Waals surface area contributed by atoms with Crippen LogP contribution in [0.25, 0.3) is 0 Å². The molecule has 0 atom stereocenters. The van der Waals surface area contributed by atoms with E-state index in [0.717, 1.165) is 16.0 Å². The van der Waals surface area contributed by atoms with Crippen molar-refractivity contribution in [3.8, 4) is 5.75 Å². The SMILES string of the molecule is Cc1ccc(C(=O)N2CCN(c3ccc(OC(F)(F)F)cn3)CC2)s1. The van der Waals surface area contributed by atoms with Gasteiger partial charge in [-0.1, -0.05) is 0 Å². The predicted octanol–water partition coefficient (Wildman–Crippen LogP) is 3.31. The van der Waals surface area contributed by atoms with E-state index in [9.17, 15) is 18.0 Å². The van der Waals surface area contributed by atoms with Gasteiger partial charge in [0.25, 0.3) is 5.91 Å². The fraction of sp³-hybridized carbons (Fsp3) is 0.375. The molecular weight excluding hydrogens is 355 g/mol.